The zero-order chi connectivity index (χ0) is 9.78. The van der Waals surface area contributed by atoms with Crippen molar-refractivity contribution < 1.29 is 4.70 Å². The first-order valence-corrected chi connectivity index (χ1v) is 6.12. The van der Waals surface area contributed by atoms with Crippen molar-refractivity contribution in [1.29, 1.82) is 0 Å². The van der Waals surface area contributed by atoms with E-state index in [0.29, 0.717) is 0 Å². The van der Waals surface area contributed by atoms with Crippen LogP contribution in [-0.2, 0) is 0 Å². The Kier molecular flexibility index (Phi) is 29.4. The number of hydrogen-bond acceptors (Lipinski definition) is 1. The van der Waals surface area contributed by atoms with E-state index in [4.69, 9.17) is 5.73 Å². The minimum absolute atomic E-state index is 0. The monoisotopic (exact) mass is 247 g/mol. The summed E-state index contributed by atoms with van der Waals surface area (Å²) >= 11 is 0. The predicted molar refractivity (Wildman–Crippen MR) is 71.9 cm³/mol. The fourth-order valence-corrected chi connectivity index (χ4v) is 1.63. The molecule has 0 unspecified atom stereocenters. The number of unbranched alkanes of at least 4 members (excludes halogenated alkanes) is 9. The van der Waals surface area contributed by atoms with Crippen LogP contribution in [0.25, 0.3) is 0 Å². The Balaban J connectivity index is -0.000000720. The Morgan fingerprint density at radius 1 is 0.667 bits per heavy atom. The second kappa shape index (κ2) is 20.5. The van der Waals surface area contributed by atoms with Crippen LogP contribution in [0.4, 0.5) is 4.70 Å². The summed E-state index contributed by atoms with van der Waals surface area (Å²) in [6, 6.07) is 0. The van der Waals surface area contributed by atoms with Crippen LogP contribution in [0.3, 0.4) is 0 Å². The van der Waals surface area contributed by atoms with Gasteiger partial charge in [-0.25, -0.2) is 0 Å². The topological polar surface area (TPSA) is 26.0 Å². The van der Waals surface area contributed by atoms with Gasteiger partial charge in [0.2, 0.25) is 0 Å². The molecule has 1 nitrogen and oxygen atoms in total. The molecule has 0 amide bonds. The minimum atomic E-state index is 0. The second-order valence-corrected chi connectivity index (χ2v) is 3.97. The van der Waals surface area contributed by atoms with Crippen LogP contribution in [0.5, 0.6) is 0 Å². The zero-order valence-corrected chi connectivity index (χ0v) is 9.76. The summed E-state index contributed by atoms with van der Waals surface area (Å²) in [7, 11) is 0. The molecular weight excluding hydrogens is 217 g/mol. The third-order valence-electron chi connectivity index (χ3n) is 2.56. The van der Waals surface area contributed by atoms with Crippen LogP contribution in [0.15, 0.2) is 0 Å². The van der Waals surface area contributed by atoms with Gasteiger partial charge in [0.15, 0.2) is 0 Å². The quantitative estimate of drug-likeness (QED) is 0.466. The molecule has 0 aliphatic rings. The molecule has 0 aliphatic heterocycles. The van der Waals surface area contributed by atoms with Gasteiger partial charge >= 0.3 is 37.7 Å². The third kappa shape index (κ3) is 21.1. The van der Waals surface area contributed by atoms with E-state index in [9.17, 15) is 0 Å². The molecule has 0 atom stereocenters. The fraction of sp³-hybridized carbons (Fsp3) is 1.00. The predicted octanol–water partition coefficient (Wildman–Crippen LogP) is 3.10. The van der Waals surface area contributed by atoms with Gasteiger partial charge in [0.05, 0.1) is 0 Å². The van der Waals surface area contributed by atoms with Gasteiger partial charge < -0.3 is 5.73 Å². The number of nitrogens with two attached hydrogens (primary N) is 1. The summed E-state index contributed by atoms with van der Waals surface area (Å²) in [5.41, 5.74) is 5.42. The van der Waals surface area contributed by atoms with E-state index in [-0.39, 0.29) is 42.4 Å². The maximum atomic E-state index is 5.42. The molecule has 92 valence electrons. The molecule has 0 aromatic heterocycles. The van der Waals surface area contributed by atoms with Crippen molar-refractivity contribution in [3.05, 3.63) is 0 Å². The number of halogens is 1. The first kappa shape index (κ1) is 21.4. The van der Waals surface area contributed by atoms with Gasteiger partial charge in [-0.1, -0.05) is 64.7 Å². The van der Waals surface area contributed by atoms with E-state index in [1.54, 1.807) is 0 Å². The van der Waals surface area contributed by atoms with Crippen LogP contribution in [0.2, 0.25) is 0 Å². The van der Waals surface area contributed by atoms with Gasteiger partial charge in [-0.15, -0.1) is 0 Å². The van der Waals surface area contributed by atoms with Crippen molar-refractivity contribution in [2.45, 2.75) is 71.1 Å². The van der Waals surface area contributed by atoms with Crippen molar-refractivity contribution in [2.75, 3.05) is 6.54 Å². The molecule has 0 rings (SSSR count). The molecule has 2 N–H and O–H groups in total. The maximum absolute atomic E-state index is 5.42. The molecule has 15 heavy (non-hydrogen) atoms. The molecule has 0 aromatic rings. The summed E-state index contributed by atoms with van der Waals surface area (Å²) < 4.78 is 0. The Hall–Kier alpha value is 1.15. The number of rotatable bonds is 10. The summed E-state index contributed by atoms with van der Waals surface area (Å²) in [5, 5.41) is 0. The molecule has 0 saturated carbocycles. The van der Waals surface area contributed by atoms with Crippen molar-refractivity contribution in [2.24, 2.45) is 5.73 Å². The Morgan fingerprint density at radius 3 is 1.33 bits per heavy atom. The van der Waals surface area contributed by atoms with E-state index in [1.807, 2.05) is 0 Å². The van der Waals surface area contributed by atoms with E-state index >= 15 is 0 Å². The average Bonchev–Trinajstić information content (AvgIpc) is 2.16. The van der Waals surface area contributed by atoms with Gasteiger partial charge in [-0.3, -0.25) is 4.70 Å². The second-order valence-electron chi connectivity index (χ2n) is 3.97. The van der Waals surface area contributed by atoms with Gasteiger partial charge in [0, 0.05) is 0 Å². The molecule has 3 heteroatoms. The molecule has 0 heterocycles. The average molecular weight is 247 g/mol. The normalized spacial score (nSPS) is 9.20. The first-order valence-electron chi connectivity index (χ1n) is 6.12. The van der Waals surface area contributed by atoms with E-state index in [2.05, 4.69) is 6.92 Å². The summed E-state index contributed by atoms with van der Waals surface area (Å²) in [6.07, 6.45) is 13.9. The first-order chi connectivity index (χ1) is 6.41. The summed E-state index contributed by atoms with van der Waals surface area (Å²) in [5.74, 6) is 0. The number of hydrogen-bond donors (Lipinski definition) is 1. The van der Waals surface area contributed by atoms with Gasteiger partial charge in [0.25, 0.3) is 0 Å². The van der Waals surface area contributed by atoms with Crippen molar-refractivity contribution >= 4 is 37.7 Å². The standard InChI is InChI=1S/C12H27N.Ca.FH.2H/c1-2-3-4-5-6-7-8-9-10-11-12-13;;;;/h2-13H2,1H3;;1H;;. The summed E-state index contributed by atoms with van der Waals surface area (Å²) in [6.45, 7) is 3.14. The third-order valence-corrected chi connectivity index (χ3v) is 2.56. The molecule has 0 aliphatic carbocycles. The van der Waals surface area contributed by atoms with E-state index in [0.717, 1.165) is 6.54 Å². The molecule has 0 saturated heterocycles. The van der Waals surface area contributed by atoms with Crippen LogP contribution < -0.4 is 5.73 Å². The van der Waals surface area contributed by atoms with Crippen molar-refractivity contribution in [3.63, 3.8) is 0 Å². The Bertz CT molecular complexity index is 81.7. The molecule has 0 radical (unpaired) electrons. The van der Waals surface area contributed by atoms with E-state index < -0.39 is 0 Å². The van der Waals surface area contributed by atoms with Crippen LogP contribution in [0, 0.1) is 0 Å². The molecule has 0 aromatic carbocycles. The van der Waals surface area contributed by atoms with Crippen molar-refractivity contribution in [3.8, 4) is 0 Å². The van der Waals surface area contributed by atoms with Gasteiger partial charge in [-0.2, -0.15) is 0 Å². The van der Waals surface area contributed by atoms with Crippen molar-refractivity contribution in [1.82, 2.24) is 0 Å². The Labute approximate surface area is 125 Å². The van der Waals surface area contributed by atoms with Crippen LogP contribution >= 0.6 is 0 Å². The molecule has 0 fully saturated rings. The van der Waals surface area contributed by atoms with Crippen LogP contribution in [-0.4, -0.2) is 44.3 Å². The molecule has 0 spiro atoms. The molecule has 0 bridgehead atoms. The fourth-order valence-electron chi connectivity index (χ4n) is 1.63. The summed E-state index contributed by atoms with van der Waals surface area (Å²) in [4.78, 5) is 0. The van der Waals surface area contributed by atoms with Gasteiger partial charge in [0.1, 0.15) is 0 Å². The van der Waals surface area contributed by atoms with Crippen LogP contribution in [0.1, 0.15) is 71.1 Å². The molecular formula is C12H30CaFN. The zero-order valence-electron chi connectivity index (χ0n) is 9.76. The van der Waals surface area contributed by atoms with Gasteiger partial charge in [-0.05, 0) is 13.0 Å². The SMILES string of the molecule is CCCCCCCCCCCCN.F.[CaH2]. The Morgan fingerprint density at radius 2 is 1.00 bits per heavy atom. The van der Waals surface area contributed by atoms with E-state index in [1.165, 1.54) is 64.2 Å².